The minimum Gasteiger partial charge on any atom is -0.423 e. The molecule has 0 bridgehead atoms. The molecule has 2 amide bonds. The smallest absolute Gasteiger partial charge is 0.423 e. The van der Waals surface area contributed by atoms with Gasteiger partial charge < -0.3 is 20.7 Å². The Bertz CT molecular complexity index is 1080. The largest absolute Gasteiger partial charge is 0.488 e. The lowest BCUT2D eigenvalue weighted by Gasteiger charge is -2.23. The molecule has 0 heterocycles. The highest BCUT2D eigenvalue weighted by atomic mass is 32.2. The third-order valence-corrected chi connectivity index (χ3v) is 6.05. The molecule has 0 saturated heterocycles. The first-order valence-electron chi connectivity index (χ1n) is 10.4. The Morgan fingerprint density at radius 2 is 1.70 bits per heavy atom. The summed E-state index contributed by atoms with van der Waals surface area (Å²) in [7, 11) is -5.73. The van der Waals surface area contributed by atoms with E-state index in [-0.39, 0.29) is 16.9 Å². The Balaban J connectivity index is 2.20. The molecule has 0 aliphatic carbocycles. The number of benzene rings is 2. The van der Waals surface area contributed by atoms with Crippen LogP contribution in [0.2, 0.25) is 0 Å². The first kappa shape index (κ1) is 26.5. The van der Waals surface area contributed by atoms with Crippen molar-refractivity contribution in [3.63, 3.8) is 0 Å². The number of rotatable bonds is 9. The van der Waals surface area contributed by atoms with E-state index in [1.807, 2.05) is 6.92 Å². The second-order valence-corrected chi connectivity index (χ2v) is 10.5. The molecule has 0 spiro atoms. The van der Waals surface area contributed by atoms with Gasteiger partial charge in [-0.15, -0.1) is 0 Å². The fourth-order valence-electron chi connectivity index (χ4n) is 2.99. The van der Waals surface area contributed by atoms with Gasteiger partial charge in [-0.2, -0.15) is 4.72 Å². The molecule has 11 heteroatoms. The summed E-state index contributed by atoms with van der Waals surface area (Å²) in [5, 5.41) is 23.9. The van der Waals surface area contributed by atoms with Crippen molar-refractivity contribution in [2.24, 2.45) is 0 Å². The number of carbonyl (C=O) groups excluding carboxylic acids is 2. The summed E-state index contributed by atoms with van der Waals surface area (Å²) in [5.41, 5.74) is 1.15. The van der Waals surface area contributed by atoms with Crippen LogP contribution in [0.4, 0.5) is 0 Å². The summed E-state index contributed by atoms with van der Waals surface area (Å²) in [6.45, 7) is 7.15. The van der Waals surface area contributed by atoms with Crippen LogP contribution in [-0.4, -0.2) is 49.0 Å². The van der Waals surface area contributed by atoms with E-state index in [4.69, 9.17) is 0 Å². The average Bonchev–Trinajstić information content (AvgIpc) is 2.70. The number of hydrogen-bond acceptors (Lipinski definition) is 6. The maximum atomic E-state index is 12.9. The van der Waals surface area contributed by atoms with Gasteiger partial charge in [-0.1, -0.05) is 42.0 Å². The van der Waals surface area contributed by atoms with Crippen molar-refractivity contribution in [2.75, 3.05) is 0 Å². The third-order valence-electron chi connectivity index (χ3n) is 4.57. The van der Waals surface area contributed by atoms with Crippen LogP contribution in [0.25, 0.3) is 0 Å². The average molecular weight is 475 g/mol. The van der Waals surface area contributed by atoms with Crippen LogP contribution in [0.15, 0.2) is 53.4 Å². The van der Waals surface area contributed by atoms with Crippen molar-refractivity contribution in [3.8, 4) is 0 Å². The zero-order chi connectivity index (χ0) is 24.8. The minimum absolute atomic E-state index is 0.00302. The number of hydrogen-bond donors (Lipinski definition) is 5. The van der Waals surface area contributed by atoms with Gasteiger partial charge in [0.05, 0.1) is 11.3 Å². The topological polar surface area (TPSA) is 145 Å². The van der Waals surface area contributed by atoms with E-state index in [2.05, 4.69) is 15.4 Å². The van der Waals surface area contributed by atoms with Crippen molar-refractivity contribution in [1.29, 1.82) is 0 Å². The Labute approximate surface area is 194 Å². The van der Waals surface area contributed by atoms with Crippen molar-refractivity contribution in [1.82, 2.24) is 15.4 Å². The molecule has 1 atom stereocenters. The van der Waals surface area contributed by atoms with Crippen LogP contribution in [0.1, 0.15) is 38.3 Å². The van der Waals surface area contributed by atoms with Crippen molar-refractivity contribution in [3.05, 3.63) is 59.7 Å². The van der Waals surface area contributed by atoms with Gasteiger partial charge in [-0.05, 0) is 50.9 Å². The second-order valence-electron chi connectivity index (χ2n) is 8.83. The summed E-state index contributed by atoms with van der Waals surface area (Å²) in [5.74, 6) is -1.18. The van der Waals surface area contributed by atoms with Gasteiger partial charge in [0.2, 0.25) is 21.8 Å². The molecule has 2 rings (SSSR count). The van der Waals surface area contributed by atoms with E-state index >= 15 is 0 Å². The van der Waals surface area contributed by atoms with Gasteiger partial charge in [0.1, 0.15) is 6.04 Å². The summed E-state index contributed by atoms with van der Waals surface area (Å²) in [6, 6.07) is 11.1. The van der Waals surface area contributed by atoms with Crippen LogP contribution >= 0.6 is 0 Å². The Hall–Kier alpha value is -2.73. The zero-order valence-corrected chi connectivity index (χ0v) is 19.9. The molecule has 0 fully saturated rings. The predicted molar refractivity (Wildman–Crippen MR) is 126 cm³/mol. The highest BCUT2D eigenvalue weighted by molar-refractivity contribution is 7.89. The normalized spacial score (nSPS) is 12.7. The summed E-state index contributed by atoms with van der Waals surface area (Å²) in [6.07, 6.45) is -0.399. The molecule has 0 aliphatic rings. The quantitative estimate of drug-likeness (QED) is 0.322. The molecule has 0 saturated carbocycles. The predicted octanol–water partition coefficient (Wildman–Crippen LogP) is -0.0571. The lowest BCUT2D eigenvalue weighted by molar-refractivity contribution is -0.128. The number of nitrogens with one attached hydrogen (secondary N) is 3. The molecule has 0 aliphatic heterocycles. The zero-order valence-electron chi connectivity index (χ0n) is 19.1. The Morgan fingerprint density at radius 1 is 1.06 bits per heavy atom. The summed E-state index contributed by atoms with van der Waals surface area (Å²) >= 11 is 0. The molecule has 9 nitrogen and oxygen atoms in total. The summed E-state index contributed by atoms with van der Waals surface area (Å²) in [4.78, 5) is 25.3. The van der Waals surface area contributed by atoms with Gasteiger partial charge in [0, 0.05) is 12.1 Å². The maximum Gasteiger partial charge on any atom is 0.488 e. The molecular formula is C22H30BN3O6S. The number of sulfonamides is 1. The SMILES string of the molecule is Cc1ccc(S(=O)(=O)N[C@@H](CC(=O)NC(C)(C)C)C(=O)NCc2cccc(B(O)O)c2)cc1. The standard InChI is InChI=1S/C22H30BN3O6S/c1-15-8-10-18(11-9-15)33(31,32)26-19(13-20(27)25-22(2,3)4)21(28)24-14-16-6-5-7-17(12-16)23(29)30/h5-12,19,26,29-30H,13-14H2,1-4H3,(H,24,28)(H,25,27)/t19-/m0/s1. The van der Waals surface area contributed by atoms with Crippen LogP contribution in [0, 0.1) is 6.92 Å². The Morgan fingerprint density at radius 3 is 2.27 bits per heavy atom. The van der Waals surface area contributed by atoms with Crippen LogP contribution < -0.4 is 20.8 Å². The van der Waals surface area contributed by atoms with E-state index in [0.29, 0.717) is 5.56 Å². The minimum atomic E-state index is -4.07. The molecular weight excluding hydrogens is 445 g/mol. The lowest BCUT2D eigenvalue weighted by Crippen LogP contribution is -2.50. The third kappa shape index (κ3) is 8.62. The fraction of sp³-hybridized carbons (Fsp3) is 0.364. The summed E-state index contributed by atoms with van der Waals surface area (Å²) < 4.78 is 28.0. The Kier molecular flexibility index (Phi) is 8.79. The molecule has 178 valence electrons. The molecule has 33 heavy (non-hydrogen) atoms. The van der Waals surface area contributed by atoms with Crippen LogP contribution in [0.5, 0.6) is 0 Å². The highest BCUT2D eigenvalue weighted by Gasteiger charge is 2.29. The molecule has 2 aromatic carbocycles. The molecule has 2 aromatic rings. The molecule has 0 aromatic heterocycles. The van der Waals surface area contributed by atoms with Crippen LogP contribution in [-0.2, 0) is 26.2 Å². The van der Waals surface area contributed by atoms with Crippen molar-refractivity contribution >= 4 is 34.4 Å². The van der Waals surface area contributed by atoms with Gasteiger partial charge in [0.15, 0.2) is 0 Å². The first-order chi connectivity index (χ1) is 15.3. The maximum absolute atomic E-state index is 12.9. The van der Waals surface area contributed by atoms with E-state index in [0.717, 1.165) is 5.56 Å². The highest BCUT2D eigenvalue weighted by Crippen LogP contribution is 2.12. The van der Waals surface area contributed by atoms with Crippen LogP contribution in [0.3, 0.4) is 0 Å². The van der Waals surface area contributed by atoms with E-state index in [1.165, 1.54) is 24.3 Å². The van der Waals surface area contributed by atoms with Crippen molar-refractivity contribution in [2.45, 2.75) is 57.1 Å². The van der Waals surface area contributed by atoms with E-state index in [9.17, 15) is 28.1 Å². The van der Waals surface area contributed by atoms with Gasteiger partial charge in [-0.3, -0.25) is 9.59 Å². The van der Waals surface area contributed by atoms with E-state index in [1.54, 1.807) is 45.0 Å². The molecule has 0 unspecified atom stereocenters. The second kappa shape index (κ2) is 10.9. The number of amides is 2. The fourth-order valence-corrected chi connectivity index (χ4v) is 4.19. The first-order valence-corrected chi connectivity index (χ1v) is 11.9. The molecule has 0 radical (unpaired) electrons. The molecule has 5 N–H and O–H groups in total. The number of aryl methyl sites for hydroxylation is 1. The van der Waals surface area contributed by atoms with E-state index < -0.39 is 47.0 Å². The van der Waals surface area contributed by atoms with Crippen molar-refractivity contribution < 1.29 is 28.1 Å². The van der Waals surface area contributed by atoms with Gasteiger partial charge in [0.25, 0.3) is 0 Å². The number of carbonyl (C=O) groups is 2. The van der Waals surface area contributed by atoms with Gasteiger partial charge in [-0.25, -0.2) is 8.42 Å². The monoisotopic (exact) mass is 475 g/mol. The lowest BCUT2D eigenvalue weighted by atomic mass is 9.79. The van der Waals surface area contributed by atoms with Gasteiger partial charge >= 0.3 is 7.12 Å².